The fourth-order valence-corrected chi connectivity index (χ4v) is 3.06. The fraction of sp³-hybridized carbons (Fsp3) is 0.429. The third kappa shape index (κ3) is 5.05. The van der Waals surface area contributed by atoms with Crippen LogP contribution in [0.3, 0.4) is 0 Å². The van der Waals surface area contributed by atoms with Crippen molar-refractivity contribution in [2.24, 2.45) is 0 Å². The standard InChI is InChI=1S/C21H27N3O2/c1-21(2,3)26-20(25)18-4-6-19(7-5-18)24-14-12-23(13-15-24)16-17-8-10-22-11-9-17/h4-11H,12-16H2,1-3H3. The van der Waals surface area contributed by atoms with Gasteiger partial charge in [-0.1, -0.05) is 0 Å². The molecular formula is C21H27N3O2. The number of carbonyl (C=O) groups excluding carboxylic acids is 1. The molecule has 2 aromatic rings. The monoisotopic (exact) mass is 353 g/mol. The Labute approximate surface area is 155 Å². The maximum Gasteiger partial charge on any atom is 0.338 e. The van der Waals surface area contributed by atoms with E-state index in [4.69, 9.17) is 4.74 Å². The normalized spacial score (nSPS) is 15.7. The first-order valence-corrected chi connectivity index (χ1v) is 9.10. The molecule has 1 saturated heterocycles. The SMILES string of the molecule is CC(C)(C)OC(=O)c1ccc(N2CCN(Cc3ccncc3)CC2)cc1. The Morgan fingerprint density at radius 1 is 1.00 bits per heavy atom. The summed E-state index contributed by atoms with van der Waals surface area (Å²) in [6.07, 6.45) is 3.69. The Bertz CT molecular complexity index is 715. The van der Waals surface area contributed by atoms with Crippen molar-refractivity contribution in [1.29, 1.82) is 0 Å². The number of rotatable bonds is 4. The quantitative estimate of drug-likeness (QED) is 0.789. The topological polar surface area (TPSA) is 45.7 Å². The number of aromatic nitrogens is 1. The van der Waals surface area contributed by atoms with Crippen molar-refractivity contribution in [1.82, 2.24) is 9.88 Å². The predicted molar refractivity (Wildman–Crippen MR) is 103 cm³/mol. The van der Waals surface area contributed by atoms with Crippen molar-refractivity contribution < 1.29 is 9.53 Å². The van der Waals surface area contributed by atoms with E-state index in [0.717, 1.165) is 38.4 Å². The van der Waals surface area contributed by atoms with Crippen molar-refractivity contribution in [3.63, 3.8) is 0 Å². The number of hydrogen-bond donors (Lipinski definition) is 0. The van der Waals surface area contributed by atoms with E-state index in [9.17, 15) is 4.79 Å². The summed E-state index contributed by atoms with van der Waals surface area (Å²) in [5, 5.41) is 0. The summed E-state index contributed by atoms with van der Waals surface area (Å²) < 4.78 is 5.42. The molecule has 0 amide bonds. The predicted octanol–water partition coefficient (Wildman–Crippen LogP) is 3.36. The van der Waals surface area contributed by atoms with Crippen LogP contribution in [0.1, 0.15) is 36.7 Å². The van der Waals surface area contributed by atoms with E-state index in [1.807, 2.05) is 57.4 Å². The first kappa shape index (κ1) is 18.4. The lowest BCUT2D eigenvalue weighted by molar-refractivity contribution is 0.00695. The number of piperazine rings is 1. The second kappa shape index (κ2) is 7.87. The molecule has 0 unspecified atom stereocenters. The van der Waals surface area contributed by atoms with Crippen LogP contribution >= 0.6 is 0 Å². The van der Waals surface area contributed by atoms with Crippen molar-refractivity contribution in [3.8, 4) is 0 Å². The largest absolute Gasteiger partial charge is 0.456 e. The lowest BCUT2D eigenvalue weighted by atomic mass is 10.1. The highest BCUT2D eigenvalue weighted by Crippen LogP contribution is 2.20. The number of anilines is 1. The molecule has 2 heterocycles. The minimum Gasteiger partial charge on any atom is -0.456 e. The Morgan fingerprint density at radius 2 is 1.62 bits per heavy atom. The van der Waals surface area contributed by atoms with Gasteiger partial charge in [-0.15, -0.1) is 0 Å². The van der Waals surface area contributed by atoms with Crippen LogP contribution in [0.15, 0.2) is 48.8 Å². The molecule has 1 aliphatic heterocycles. The Morgan fingerprint density at radius 3 is 2.19 bits per heavy atom. The molecule has 26 heavy (non-hydrogen) atoms. The zero-order chi connectivity index (χ0) is 18.6. The average Bonchev–Trinajstić information content (AvgIpc) is 2.62. The number of ether oxygens (including phenoxy) is 1. The minimum atomic E-state index is -0.471. The van der Waals surface area contributed by atoms with Crippen LogP contribution in [0.4, 0.5) is 5.69 Å². The number of carbonyl (C=O) groups is 1. The van der Waals surface area contributed by atoms with E-state index < -0.39 is 5.60 Å². The van der Waals surface area contributed by atoms with E-state index in [0.29, 0.717) is 5.56 Å². The summed E-state index contributed by atoms with van der Waals surface area (Å²) in [5.74, 6) is -0.272. The molecule has 0 N–H and O–H groups in total. The van der Waals surface area contributed by atoms with Gasteiger partial charge in [0.15, 0.2) is 0 Å². The molecule has 1 aromatic heterocycles. The van der Waals surface area contributed by atoms with Gasteiger partial charge in [0.25, 0.3) is 0 Å². The summed E-state index contributed by atoms with van der Waals surface area (Å²) in [5.41, 5.74) is 2.58. The highest BCUT2D eigenvalue weighted by molar-refractivity contribution is 5.90. The summed E-state index contributed by atoms with van der Waals surface area (Å²) in [6, 6.07) is 11.9. The third-order valence-corrected chi connectivity index (χ3v) is 4.39. The fourth-order valence-electron chi connectivity index (χ4n) is 3.06. The average molecular weight is 353 g/mol. The summed E-state index contributed by atoms with van der Waals surface area (Å²) in [7, 11) is 0. The van der Waals surface area contributed by atoms with Gasteiger partial charge in [0.2, 0.25) is 0 Å². The number of esters is 1. The van der Waals surface area contributed by atoms with Crippen molar-refractivity contribution in [3.05, 3.63) is 59.9 Å². The molecule has 1 fully saturated rings. The second-order valence-electron chi connectivity index (χ2n) is 7.67. The zero-order valence-electron chi connectivity index (χ0n) is 15.8. The van der Waals surface area contributed by atoms with Gasteiger partial charge in [-0.25, -0.2) is 4.79 Å². The molecule has 0 radical (unpaired) electrons. The first-order valence-electron chi connectivity index (χ1n) is 9.10. The van der Waals surface area contributed by atoms with Gasteiger partial charge >= 0.3 is 5.97 Å². The molecule has 5 nitrogen and oxygen atoms in total. The Balaban J connectivity index is 1.54. The second-order valence-corrected chi connectivity index (χ2v) is 7.67. The third-order valence-electron chi connectivity index (χ3n) is 4.39. The molecule has 3 rings (SSSR count). The molecule has 1 aliphatic rings. The van der Waals surface area contributed by atoms with Gasteiger partial charge < -0.3 is 9.64 Å². The van der Waals surface area contributed by atoms with Crippen LogP contribution in [0.2, 0.25) is 0 Å². The highest BCUT2D eigenvalue weighted by atomic mass is 16.6. The van der Waals surface area contributed by atoms with Gasteiger partial charge in [0.1, 0.15) is 5.60 Å². The summed E-state index contributed by atoms with van der Waals surface area (Å²) in [4.78, 5) is 21.0. The van der Waals surface area contributed by atoms with Gasteiger partial charge in [0, 0.05) is 50.8 Å². The van der Waals surface area contributed by atoms with Crippen LogP contribution in [0.5, 0.6) is 0 Å². The molecule has 5 heteroatoms. The summed E-state index contributed by atoms with van der Waals surface area (Å²) in [6.45, 7) is 10.6. The summed E-state index contributed by atoms with van der Waals surface area (Å²) >= 11 is 0. The van der Waals surface area contributed by atoms with E-state index in [1.54, 1.807) is 0 Å². The molecule has 1 aromatic carbocycles. The van der Waals surface area contributed by atoms with Crippen LogP contribution in [-0.4, -0.2) is 47.6 Å². The van der Waals surface area contributed by atoms with E-state index >= 15 is 0 Å². The van der Waals surface area contributed by atoms with Gasteiger partial charge in [-0.2, -0.15) is 0 Å². The van der Waals surface area contributed by atoms with Crippen LogP contribution in [0, 0.1) is 0 Å². The number of nitrogens with zero attached hydrogens (tertiary/aromatic N) is 3. The number of benzene rings is 1. The number of pyridine rings is 1. The van der Waals surface area contributed by atoms with Gasteiger partial charge in [-0.3, -0.25) is 9.88 Å². The smallest absolute Gasteiger partial charge is 0.338 e. The molecule has 0 atom stereocenters. The van der Waals surface area contributed by atoms with Crippen LogP contribution in [0.25, 0.3) is 0 Å². The molecule has 0 spiro atoms. The Hall–Kier alpha value is -2.40. The van der Waals surface area contributed by atoms with E-state index in [1.165, 1.54) is 5.56 Å². The molecule has 138 valence electrons. The first-order chi connectivity index (χ1) is 12.4. The lowest BCUT2D eigenvalue weighted by Crippen LogP contribution is -2.45. The molecule has 0 bridgehead atoms. The van der Waals surface area contributed by atoms with Crippen molar-refractivity contribution >= 4 is 11.7 Å². The molecular weight excluding hydrogens is 326 g/mol. The van der Waals surface area contributed by atoms with Crippen LogP contribution < -0.4 is 4.90 Å². The van der Waals surface area contributed by atoms with Crippen molar-refractivity contribution in [2.45, 2.75) is 32.9 Å². The van der Waals surface area contributed by atoms with Gasteiger partial charge in [-0.05, 0) is 62.7 Å². The zero-order valence-corrected chi connectivity index (χ0v) is 15.8. The van der Waals surface area contributed by atoms with E-state index in [-0.39, 0.29) is 5.97 Å². The highest BCUT2D eigenvalue weighted by Gasteiger charge is 2.20. The van der Waals surface area contributed by atoms with Gasteiger partial charge in [0.05, 0.1) is 5.56 Å². The minimum absolute atomic E-state index is 0.272. The maximum absolute atomic E-state index is 12.1. The maximum atomic E-state index is 12.1. The van der Waals surface area contributed by atoms with E-state index in [2.05, 4.69) is 26.9 Å². The lowest BCUT2D eigenvalue weighted by Gasteiger charge is -2.36. The molecule has 0 aliphatic carbocycles. The van der Waals surface area contributed by atoms with Crippen molar-refractivity contribution in [2.75, 3.05) is 31.1 Å². The number of hydrogen-bond acceptors (Lipinski definition) is 5. The van der Waals surface area contributed by atoms with Crippen LogP contribution in [-0.2, 0) is 11.3 Å². The molecule has 0 saturated carbocycles. The Kier molecular flexibility index (Phi) is 5.57.